The number of carbonyl (C=O) groups is 1. The Balaban J connectivity index is 1.68. The lowest BCUT2D eigenvalue weighted by Gasteiger charge is -2.42. The number of benzene rings is 2. The van der Waals surface area contributed by atoms with E-state index in [0.29, 0.717) is 5.82 Å². The topological polar surface area (TPSA) is 54.5 Å². The third-order valence-corrected chi connectivity index (χ3v) is 6.27. The molecule has 0 fully saturated rings. The third kappa shape index (κ3) is 3.30. The Kier molecular flexibility index (Phi) is 4.87. The molecule has 30 heavy (non-hydrogen) atoms. The zero-order valence-corrected chi connectivity index (χ0v) is 17.0. The molecular weight excluding hydrogens is 374 g/mol. The molecule has 2 atom stereocenters. The second-order valence-corrected chi connectivity index (χ2v) is 7.94. The van der Waals surface area contributed by atoms with Crippen LogP contribution in [0, 0.1) is 0 Å². The van der Waals surface area contributed by atoms with Crippen molar-refractivity contribution in [2.24, 2.45) is 0 Å². The quantitative estimate of drug-likeness (QED) is 0.663. The zero-order chi connectivity index (χ0) is 20.5. The molecule has 5 rings (SSSR count). The van der Waals surface area contributed by atoms with Crippen molar-refractivity contribution < 1.29 is 9.53 Å². The van der Waals surface area contributed by atoms with Crippen LogP contribution in [0.1, 0.15) is 47.1 Å². The highest BCUT2D eigenvalue weighted by molar-refractivity contribution is 5.84. The van der Waals surface area contributed by atoms with E-state index in [-0.39, 0.29) is 11.8 Å². The van der Waals surface area contributed by atoms with Gasteiger partial charge in [-0.25, -0.2) is 9.78 Å². The molecule has 152 valence electrons. The number of anilines is 2. The van der Waals surface area contributed by atoms with Gasteiger partial charge in [-0.1, -0.05) is 60.7 Å². The van der Waals surface area contributed by atoms with E-state index >= 15 is 0 Å². The molecule has 0 bridgehead atoms. The molecular formula is C25H25N3O2. The molecule has 0 saturated carbocycles. The molecule has 1 aromatic heterocycles. The molecule has 5 heteroatoms. The largest absolute Gasteiger partial charge is 0.453 e. The number of pyridine rings is 1. The smallest absolute Gasteiger partial charge is 0.412 e. The molecule has 2 aromatic carbocycles. The van der Waals surface area contributed by atoms with Gasteiger partial charge < -0.3 is 9.64 Å². The fraction of sp³-hybridized carbons (Fsp3) is 0.280. The average Bonchev–Trinajstić information content (AvgIpc) is 2.80. The predicted molar refractivity (Wildman–Crippen MR) is 118 cm³/mol. The molecule has 0 spiro atoms. The summed E-state index contributed by atoms with van der Waals surface area (Å²) in [6.07, 6.45) is 1.57. The minimum absolute atomic E-state index is 0.213. The van der Waals surface area contributed by atoms with Crippen molar-refractivity contribution in [3.8, 4) is 0 Å². The van der Waals surface area contributed by atoms with Crippen molar-refractivity contribution in [2.45, 2.75) is 24.7 Å². The number of carbonyl (C=O) groups excluding carboxylic acids is 1. The molecule has 1 amide bonds. The molecule has 2 aliphatic rings. The maximum absolute atomic E-state index is 11.9. The van der Waals surface area contributed by atoms with Crippen molar-refractivity contribution in [1.82, 2.24) is 4.98 Å². The maximum Gasteiger partial charge on any atom is 0.412 e. The Hall–Kier alpha value is -3.34. The number of amides is 1. The first-order chi connectivity index (χ1) is 14.7. The first kappa shape index (κ1) is 18.7. The molecule has 0 radical (unpaired) electrons. The van der Waals surface area contributed by atoms with Crippen LogP contribution < -0.4 is 10.2 Å². The van der Waals surface area contributed by atoms with Crippen molar-refractivity contribution in [3.05, 3.63) is 89.1 Å². The first-order valence-corrected chi connectivity index (χ1v) is 10.5. The number of methoxy groups -OCH3 is 1. The Bertz CT molecular complexity index is 980. The van der Waals surface area contributed by atoms with Crippen LogP contribution in [0.25, 0.3) is 0 Å². The maximum atomic E-state index is 11.9. The van der Waals surface area contributed by atoms with Crippen LogP contribution in [-0.2, 0) is 4.74 Å². The predicted octanol–water partition coefficient (Wildman–Crippen LogP) is 5.14. The summed E-state index contributed by atoms with van der Waals surface area (Å²) in [5, 5.41) is 2.81. The lowest BCUT2D eigenvalue weighted by atomic mass is 9.79. The SMILES string of the molecule is COC(=O)Nc1cc2c3c(n1)C(c1ccccc1)CCN3CCC2c1ccccc1. The molecule has 1 N–H and O–H groups in total. The summed E-state index contributed by atoms with van der Waals surface area (Å²) in [6.45, 7) is 2.04. The van der Waals surface area contributed by atoms with Crippen LogP contribution in [0.5, 0.6) is 0 Å². The molecule has 0 aliphatic carbocycles. The van der Waals surface area contributed by atoms with E-state index in [0.717, 1.165) is 31.6 Å². The summed E-state index contributed by atoms with van der Waals surface area (Å²) in [7, 11) is 1.37. The van der Waals surface area contributed by atoms with Crippen LogP contribution in [0.15, 0.2) is 66.7 Å². The lowest BCUT2D eigenvalue weighted by molar-refractivity contribution is 0.187. The first-order valence-electron chi connectivity index (χ1n) is 10.5. The number of ether oxygens (including phenoxy) is 1. The van der Waals surface area contributed by atoms with Gasteiger partial charge in [0.25, 0.3) is 0 Å². The van der Waals surface area contributed by atoms with E-state index in [4.69, 9.17) is 9.72 Å². The summed E-state index contributed by atoms with van der Waals surface area (Å²) in [4.78, 5) is 19.3. The molecule has 3 aromatic rings. The minimum Gasteiger partial charge on any atom is -0.453 e. The number of aromatic nitrogens is 1. The summed E-state index contributed by atoms with van der Waals surface area (Å²) >= 11 is 0. The summed E-state index contributed by atoms with van der Waals surface area (Å²) < 4.78 is 4.83. The van der Waals surface area contributed by atoms with Gasteiger partial charge in [-0.05, 0) is 35.6 Å². The van der Waals surface area contributed by atoms with Gasteiger partial charge in [-0.15, -0.1) is 0 Å². The van der Waals surface area contributed by atoms with E-state index in [2.05, 4.69) is 64.8 Å². The summed E-state index contributed by atoms with van der Waals surface area (Å²) in [5.74, 6) is 1.05. The van der Waals surface area contributed by atoms with Gasteiger partial charge in [-0.3, -0.25) is 5.32 Å². The fourth-order valence-electron chi connectivity index (χ4n) is 4.89. The van der Waals surface area contributed by atoms with Gasteiger partial charge >= 0.3 is 6.09 Å². The Labute approximate surface area is 176 Å². The van der Waals surface area contributed by atoms with E-state index in [1.54, 1.807) is 0 Å². The molecule has 3 heterocycles. The second-order valence-electron chi connectivity index (χ2n) is 7.94. The normalized spacial score (nSPS) is 19.7. The van der Waals surface area contributed by atoms with Crippen LogP contribution in [-0.4, -0.2) is 31.3 Å². The standard InChI is InChI=1S/C25H25N3O2/c1-30-25(29)27-22-16-21-19(17-8-4-2-5-9-17)12-14-28-15-13-20(23(26-22)24(21)28)18-10-6-3-7-11-18/h2-11,16,19-20H,12-15H2,1H3,(H,26,27,29). The monoisotopic (exact) mass is 399 g/mol. The van der Waals surface area contributed by atoms with Crippen LogP contribution in [0.4, 0.5) is 16.3 Å². The number of nitrogens with zero attached hydrogens (tertiary/aromatic N) is 2. The highest BCUT2D eigenvalue weighted by Gasteiger charge is 2.36. The van der Waals surface area contributed by atoms with Crippen molar-refractivity contribution >= 4 is 17.6 Å². The van der Waals surface area contributed by atoms with Gasteiger partial charge in [0.15, 0.2) is 0 Å². The number of hydrogen-bond donors (Lipinski definition) is 1. The van der Waals surface area contributed by atoms with E-state index in [9.17, 15) is 4.79 Å². The van der Waals surface area contributed by atoms with Gasteiger partial charge in [0.1, 0.15) is 5.82 Å². The van der Waals surface area contributed by atoms with Crippen LogP contribution >= 0.6 is 0 Å². The fourth-order valence-corrected chi connectivity index (χ4v) is 4.89. The van der Waals surface area contributed by atoms with Crippen molar-refractivity contribution in [3.63, 3.8) is 0 Å². The van der Waals surface area contributed by atoms with Gasteiger partial charge in [-0.2, -0.15) is 0 Å². The summed E-state index contributed by atoms with van der Waals surface area (Å²) in [5.41, 5.74) is 6.10. The van der Waals surface area contributed by atoms with Gasteiger partial charge in [0.2, 0.25) is 0 Å². The Morgan fingerprint density at radius 2 is 1.57 bits per heavy atom. The van der Waals surface area contributed by atoms with Crippen LogP contribution in [0.2, 0.25) is 0 Å². The molecule has 2 aliphatic heterocycles. The number of rotatable bonds is 3. The van der Waals surface area contributed by atoms with E-state index in [1.807, 2.05) is 12.1 Å². The average molecular weight is 399 g/mol. The molecule has 5 nitrogen and oxygen atoms in total. The Morgan fingerprint density at radius 1 is 0.967 bits per heavy atom. The number of hydrogen-bond acceptors (Lipinski definition) is 4. The number of nitrogens with one attached hydrogen (secondary N) is 1. The summed E-state index contributed by atoms with van der Waals surface area (Å²) in [6, 6.07) is 23.2. The van der Waals surface area contributed by atoms with Crippen LogP contribution in [0.3, 0.4) is 0 Å². The van der Waals surface area contributed by atoms with Gasteiger partial charge in [0, 0.05) is 24.9 Å². The van der Waals surface area contributed by atoms with Crippen molar-refractivity contribution in [1.29, 1.82) is 0 Å². The minimum atomic E-state index is -0.495. The lowest BCUT2D eigenvalue weighted by Crippen LogP contribution is -2.38. The molecule has 0 saturated heterocycles. The third-order valence-electron chi connectivity index (χ3n) is 6.27. The van der Waals surface area contributed by atoms with E-state index in [1.165, 1.54) is 29.5 Å². The highest BCUT2D eigenvalue weighted by atomic mass is 16.5. The second kappa shape index (κ2) is 7.82. The zero-order valence-electron chi connectivity index (χ0n) is 17.0. The van der Waals surface area contributed by atoms with Gasteiger partial charge in [0.05, 0.1) is 18.5 Å². The highest BCUT2D eigenvalue weighted by Crippen LogP contribution is 2.48. The Morgan fingerprint density at radius 3 is 2.20 bits per heavy atom. The van der Waals surface area contributed by atoms with E-state index < -0.39 is 6.09 Å². The molecule has 2 unspecified atom stereocenters. The van der Waals surface area contributed by atoms with Crippen molar-refractivity contribution in [2.75, 3.05) is 30.4 Å².